The number of carbonyl (C=O) groups excluding carboxylic acids is 6. The van der Waals surface area contributed by atoms with Gasteiger partial charge in [-0.3, -0.25) is 28.8 Å². The van der Waals surface area contributed by atoms with E-state index >= 15 is 0 Å². The van der Waals surface area contributed by atoms with Crippen molar-refractivity contribution in [3.8, 4) is 23.7 Å². The fourth-order valence-electron chi connectivity index (χ4n) is 7.15. The fourth-order valence-corrected chi connectivity index (χ4v) is 7.15. The number of amides is 4. The largest absolute Gasteiger partial charge is 0.394 e. The minimum Gasteiger partial charge on any atom is -0.394 e. The van der Waals surface area contributed by atoms with E-state index in [1.54, 1.807) is 62.4 Å². The summed E-state index contributed by atoms with van der Waals surface area (Å²) in [6.45, 7) is 6.42. The quantitative estimate of drug-likeness (QED) is 0.0628. The molecule has 394 valence electrons. The van der Waals surface area contributed by atoms with E-state index in [9.17, 15) is 33.9 Å². The Morgan fingerprint density at radius 2 is 0.973 bits per heavy atom. The summed E-state index contributed by atoms with van der Waals surface area (Å²) in [7, 11) is 5.55. The molecular weight excluding hydrogens is 949 g/mol. The molecule has 0 radical (unpaired) electrons. The van der Waals surface area contributed by atoms with Crippen molar-refractivity contribution in [1.82, 2.24) is 20.4 Å². The molecule has 0 bridgehead atoms. The summed E-state index contributed by atoms with van der Waals surface area (Å²) in [5.74, 6) is 8.60. The summed E-state index contributed by atoms with van der Waals surface area (Å²) in [5.41, 5.74) is 1.94. The molecule has 4 amide bonds. The number of likely N-dealkylation sites (N-methyl/N-ethyl adjacent to an activating group) is 4. The topological polar surface area (TPSA) is 231 Å². The highest BCUT2D eigenvalue weighted by Gasteiger charge is 2.47. The van der Waals surface area contributed by atoms with Crippen molar-refractivity contribution in [2.24, 2.45) is 0 Å². The van der Waals surface area contributed by atoms with Gasteiger partial charge in [0.1, 0.15) is 13.2 Å². The fraction of sp³-hybridized carbons (Fsp3) is 0.404. The third-order valence-electron chi connectivity index (χ3n) is 12.5. The van der Waals surface area contributed by atoms with Gasteiger partial charge in [0.15, 0.2) is 28.9 Å². The number of aliphatic hydroxyl groups excluding tert-OH is 3. The average molecular weight is 1020 g/mol. The standard InChI is InChI=1S/C31H38N2O7.C26H30N2O6/c1-22(19-34)39-20-25-12-10-23(11-13-25)8-9-24-14-16-26(17-15-24)29(36)33(4)31(2,30(37)32-3)27(35)21-40-28-7-5-6-18-38-28;1-18(15-29)34-17-21-9-7-19(8-10-21)5-6-20-11-13-22(14-12-20)24(32)28(4)26(2,23(31)16-30)25(33)27-3/h10-17,22,28,34H,5-7,18-21H2,1-4H3,(H,32,37);7-14,18,29-30H,15-17H2,1-4H3,(H,27,33)/t22-,28?,31+;18-,26+/m00/s1. The molecule has 1 unspecified atom stereocenters. The van der Waals surface area contributed by atoms with E-state index in [1.807, 2.05) is 48.5 Å². The van der Waals surface area contributed by atoms with Crippen molar-refractivity contribution in [3.05, 3.63) is 142 Å². The Morgan fingerprint density at radius 1 is 0.608 bits per heavy atom. The molecule has 17 heteroatoms. The molecule has 0 saturated carbocycles. The van der Waals surface area contributed by atoms with Crippen LogP contribution in [-0.4, -0.2) is 151 Å². The lowest BCUT2D eigenvalue weighted by Crippen LogP contribution is -2.62. The lowest BCUT2D eigenvalue weighted by atomic mass is 9.92. The van der Waals surface area contributed by atoms with Gasteiger partial charge in [0, 0.05) is 68.2 Å². The van der Waals surface area contributed by atoms with E-state index in [1.165, 1.54) is 42.0 Å². The number of hydrogen-bond acceptors (Lipinski definition) is 13. The molecule has 1 saturated heterocycles. The number of rotatable bonds is 20. The zero-order valence-corrected chi connectivity index (χ0v) is 43.4. The number of Topliss-reactive ketones (excluding diaryl/α,β-unsaturated/α-hetero) is 2. The first-order chi connectivity index (χ1) is 35.3. The summed E-state index contributed by atoms with van der Waals surface area (Å²) in [5, 5.41) is 32.2. The summed E-state index contributed by atoms with van der Waals surface area (Å²) in [6.07, 6.45) is 1.63. The highest BCUT2D eigenvalue weighted by molar-refractivity contribution is 6.15. The van der Waals surface area contributed by atoms with Crippen LogP contribution in [0.5, 0.6) is 0 Å². The molecule has 4 aromatic carbocycles. The van der Waals surface area contributed by atoms with Gasteiger partial charge >= 0.3 is 0 Å². The number of nitrogens with one attached hydrogen (secondary N) is 2. The van der Waals surface area contributed by atoms with Crippen molar-refractivity contribution < 1.29 is 63.0 Å². The minimum atomic E-state index is -1.84. The molecule has 0 aromatic heterocycles. The summed E-state index contributed by atoms with van der Waals surface area (Å²) in [4.78, 5) is 79.0. The molecule has 4 aromatic rings. The second-order valence-electron chi connectivity index (χ2n) is 17.8. The van der Waals surface area contributed by atoms with Gasteiger partial charge in [-0.25, -0.2) is 0 Å². The highest BCUT2D eigenvalue weighted by Crippen LogP contribution is 2.23. The lowest BCUT2D eigenvalue weighted by Gasteiger charge is -2.36. The lowest BCUT2D eigenvalue weighted by molar-refractivity contribution is -0.174. The Kier molecular flexibility index (Phi) is 23.3. The predicted molar refractivity (Wildman–Crippen MR) is 276 cm³/mol. The predicted octanol–water partition coefficient (Wildman–Crippen LogP) is 3.79. The van der Waals surface area contributed by atoms with Gasteiger partial charge in [-0.15, -0.1) is 0 Å². The number of aliphatic hydroxyl groups is 3. The maximum absolute atomic E-state index is 13.3. The van der Waals surface area contributed by atoms with Crippen LogP contribution in [0.4, 0.5) is 0 Å². The van der Waals surface area contributed by atoms with Crippen molar-refractivity contribution in [2.45, 2.75) is 89.7 Å². The highest BCUT2D eigenvalue weighted by atomic mass is 16.7. The van der Waals surface area contributed by atoms with E-state index < -0.39 is 59.2 Å². The van der Waals surface area contributed by atoms with Gasteiger partial charge in [0.2, 0.25) is 0 Å². The van der Waals surface area contributed by atoms with Crippen LogP contribution < -0.4 is 10.6 Å². The second kappa shape index (κ2) is 29.0. The van der Waals surface area contributed by atoms with E-state index in [-0.39, 0.29) is 37.6 Å². The van der Waals surface area contributed by atoms with Gasteiger partial charge < -0.3 is 54.7 Å². The van der Waals surface area contributed by atoms with Gasteiger partial charge in [-0.05, 0) is 131 Å². The summed E-state index contributed by atoms with van der Waals surface area (Å²) < 4.78 is 22.1. The third-order valence-corrected chi connectivity index (χ3v) is 12.5. The molecule has 5 atom stereocenters. The van der Waals surface area contributed by atoms with Gasteiger partial charge in [-0.1, -0.05) is 47.9 Å². The van der Waals surface area contributed by atoms with Gasteiger partial charge in [0.25, 0.3) is 23.6 Å². The number of hydrogen-bond donors (Lipinski definition) is 5. The number of benzene rings is 4. The Labute approximate surface area is 433 Å². The summed E-state index contributed by atoms with van der Waals surface area (Å²) >= 11 is 0. The van der Waals surface area contributed by atoms with Crippen LogP contribution in [0.2, 0.25) is 0 Å². The van der Waals surface area contributed by atoms with Crippen LogP contribution in [0.25, 0.3) is 0 Å². The van der Waals surface area contributed by atoms with E-state index in [4.69, 9.17) is 29.2 Å². The van der Waals surface area contributed by atoms with Crippen LogP contribution in [0.15, 0.2) is 97.1 Å². The first kappa shape index (κ1) is 59.5. The SMILES string of the molecule is CNC(=O)[C@@](C)(C(=O)CO)N(C)C(=O)c1ccc(C#Cc2ccc(CO[C@@H](C)CO)cc2)cc1.CNC(=O)[C@@](C)(C(=O)COC1CCCCO1)N(C)C(=O)c1ccc(C#Cc2ccc(CO[C@@H](C)CO)cc2)cc1. The normalized spacial score (nSPS) is 15.3. The Bertz CT molecular complexity index is 2630. The molecule has 1 heterocycles. The molecule has 5 rings (SSSR count). The van der Waals surface area contributed by atoms with Crippen LogP contribution in [0.3, 0.4) is 0 Å². The molecular formula is C57H68N4O13. The maximum Gasteiger partial charge on any atom is 0.254 e. The summed E-state index contributed by atoms with van der Waals surface area (Å²) in [6, 6.07) is 28.3. The molecule has 1 aliphatic heterocycles. The van der Waals surface area contributed by atoms with E-state index in [2.05, 4.69) is 34.3 Å². The molecule has 17 nitrogen and oxygen atoms in total. The van der Waals surface area contributed by atoms with Crippen molar-refractivity contribution >= 4 is 35.2 Å². The second-order valence-corrected chi connectivity index (χ2v) is 17.8. The average Bonchev–Trinajstić information content (AvgIpc) is 3.45. The number of carbonyl (C=O) groups is 6. The maximum atomic E-state index is 13.3. The van der Waals surface area contributed by atoms with Crippen LogP contribution in [0.1, 0.15) is 101 Å². The zero-order chi connectivity index (χ0) is 54.4. The molecule has 74 heavy (non-hydrogen) atoms. The van der Waals surface area contributed by atoms with Crippen LogP contribution in [0, 0.1) is 23.7 Å². The number of ketones is 2. The molecule has 0 aliphatic carbocycles. The molecule has 5 N–H and O–H groups in total. The van der Waals surface area contributed by atoms with Crippen LogP contribution in [-0.2, 0) is 51.3 Å². The molecule has 1 fully saturated rings. The molecule has 1 aliphatic rings. The van der Waals surface area contributed by atoms with Gasteiger partial charge in [-0.2, -0.15) is 0 Å². The van der Waals surface area contributed by atoms with E-state index in [0.29, 0.717) is 42.9 Å². The Morgan fingerprint density at radius 3 is 1.30 bits per heavy atom. The Balaban J connectivity index is 0.000000325. The minimum absolute atomic E-state index is 0.0269. The molecule has 0 spiro atoms. The first-order valence-electron chi connectivity index (χ1n) is 24.1. The van der Waals surface area contributed by atoms with Gasteiger partial charge in [0.05, 0.1) is 38.6 Å². The third kappa shape index (κ3) is 16.2. The van der Waals surface area contributed by atoms with Crippen molar-refractivity contribution in [2.75, 3.05) is 61.2 Å². The van der Waals surface area contributed by atoms with Crippen molar-refractivity contribution in [3.63, 3.8) is 0 Å². The van der Waals surface area contributed by atoms with Crippen molar-refractivity contribution in [1.29, 1.82) is 0 Å². The number of ether oxygens (including phenoxy) is 4. The first-order valence-corrected chi connectivity index (χ1v) is 24.1. The number of nitrogens with zero attached hydrogens (tertiary/aromatic N) is 2. The Hall–Kier alpha value is -7.06. The zero-order valence-electron chi connectivity index (χ0n) is 43.4. The van der Waals surface area contributed by atoms with Crippen LogP contribution >= 0.6 is 0 Å². The monoisotopic (exact) mass is 1020 g/mol. The van der Waals surface area contributed by atoms with E-state index in [0.717, 1.165) is 44.9 Å². The smallest absolute Gasteiger partial charge is 0.254 e.